The van der Waals surface area contributed by atoms with Crippen LogP contribution in [0.1, 0.15) is 10.4 Å². The molecule has 1 aromatic carbocycles. The fourth-order valence-corrected chi connectivity index (χ4v) is 2.05. The Morgan fingerprint density at radius 3 is 2.43 bits per heavy atom. The summed E-state index contributed by atoms with van der Waals surface area (Å²) in [6, 6.07) is 5.06. The summed E-state index contributed by atoms with van der Waals surface area (Å²) in [5, 5.41) is 31.5. The number of fused-ring (bicyclic) bond motifs is 1. The van der Waals surface area contributed by atoms with E-state index in [1.54, 1.807) is 0 Å². The van der Waals surface area contributed by atoms with Gasteiger partial charge in [-0.2, -0.15) is 0 Å². The van der Waals surface area contributed by atoms with Crippen LogP contribution in [0.25, 0.3) is 22.4 Å². The summed E-state index contributed by atoms with van der Waals surface area (Å²) in [4.78, 5) is 28.6. The molecule has 0 fully saturated rings. The van der Waals surface area contributed by atoms with Crippen molar-refractivity contribution >= 4 is 22.8 Å². The van der Waals surface area contributed by atoms with Crippen molar-refractivity contribution in [3.63, 3.8) is 0 Å². The molecule has 0 aliphatic carbocycles. The van der Waals surface area contributed by atoms with Crippen LogP contribution in [0.3, 0.4) is 0 Å². The number of carbonyl (C=O) groups is 1. The number of aromatic nitrogens is 2. The second-order valence-corrected chi connectivity index (χ2v) is 4.28. The first kappa shape index (κ1) is 16.9. The monoisotopic (exact) mass is 323 g/mol. The van der Waals surface area contributed by atoms with E-state index in [9.17, 15) is 25.1 Å². The number of non-ortho nitro benzene ring substituents is 1. The second-order valence-electron chi connectivity index (χ2n) is 4.28. The van der Waals surface area contributed by atoms with E-state index in [4.69, 9.17) is 4.42 Å². The van der Waals surface area contributed by atoms with E-state index in [0.29, 0.717) is 0 Å². The van der Waals surface area contributed by atoms with E-state index in [2.05, 4.69) is 9.97 Å². The number of carboxylic acid groups (broad SMARTS) is 1. The maximum atomic E-state index is 11.4. The van der Waals surface area contributed by atoms with Gasteiger partial charge in [0.1, 0.15) is 17.5 Å². The summed E-state index contributed by atoms with van der Waals surface area (Å²) in [5.74, 6) is -2.26. The molecule has 3 aromatic rings. The molecule has 0 aliphatic rings. The summed E-state index contributed by atoms with van der Waals surface area (Å²) >= 11 is 0. The number of hydrogen-bond donors (Lipinski definition) is 1. The Morgan fingerprint density at radius 1 is 1.22 bits per heavy atom. The van der Waals surface area contributed by atoms with Crippen LogP contribution in [0.15, 0.2) is 35.0 Å². The standard InChI is InChI=1S/C13H7N3O6.Na/c17-11-9-8(13(18)19)10(22-12(9)15-5-14-11)6-1-3-7(4-2-6)16(20)21;/h1-5H,(H,18,19)(H,14,15,17);/q;+1/p-1. The number of nitro benzene ring substituents is 1. The molecule has 0 radical (unpaired) electrons. The number of furan rings is 1. The van der Waals surface area contributed by atoms with Crippen LogP contribution in [0, 0.1) is 10.1 Å². The maximum absolute atomic E-state index is 11.4. The summed E-state index contributed by atoms with van der Waals surface area (Å²) in [6.07, 6.45) is 1.01. The second kappa shape index (κ2) is 6.32. The number of carbonyl (C=O) groups excluding carboxylic acids is 1. The third kappa shape index (κ3) is 2.89. The van der Waals surface area contributed by atoms with Gasteiger partial charge in [-0.15, -0.1) is 0 Å². The van der Waals surface area contributed by atoms with E-state index in [1.165, 1.54) is 24.3 Å². The molecule has 1 N–H and O–H groups in total. The molecular formula is C13H6N3NaO6. The van der Waals surface area contributed by atoms with E-state index < -0.39 is 22.3 Å². The number of carboxylic acids is 1. The van der Waals surface area contributed by atoms with Crippen LogP contribution < -0.4 is 34.7 Å². The minimum absolute atomic E-state index is 0. The summed E-state index contributed by atoms with van der Waals surface area (Å²) < 4.78 is 5.33. The first-order valence-electron chi connectivity index (χ1n) is 5.91. The summed E-state index contributed by atoms with van der Waals surface area (Å²) in [6.45, 7) is 0. The minimum atomic E-state index is -1.59. The molecule has 0 bridgehead atoms. The zero-order valence-electron chi connectivity index (χ0n) is 11.7. The molecule has 0 saturated carbocycles. The first-order valence-corrected chi connectivity index (χ1v) is 5.91. The van der Waals surface area contributed by atoms with E-state index in [0.717, 1.165) is 6.33 Å². The zero-order chi connectivity index (χ0) is 15.9. The van der Waals surface area contributed by atoms with Gasteiger partial charge in [0.15, 0.2) is 0 Å². The van der Waals surface area contributed by atoms with Gasteiger partial charge < -0.3 is 19.4 Å². The topological polar surface area (TPSA) is 142 Å². The van der Waals surface area contributed by atoms with E-state index in [1.807, 2.05) is 0 Å². The van der Waals surface area contributed by atoms with Crippen molar-refractivity contribution in [1.29, 1.82) is 0 Å². The molecule has 2 aromatic heterocycles. The van der Waals surface area contributed by atoms with Crippen molar-refractivity contribution in [2.45, 2.75) is 0 Å². The third-order valence-corrected chi connectivity index (χ3v) is 3.01. The van der Waals surface area contributed by atoms with Crippen LogP contribution in [0.4, 0.5) is 5.69 Å². The fraction of sp³-hybridized carbons (Fsp3) is 0. The number of hydrogen-bond acceptors (Lipinski definition) is 8. The number of aromatic hydroxyl groups is 1. The molecule has 0 aliphatic heterocycles. The van der Waals surface area contributed by atoms with E-state index >= 15 is 0 Å². The molecule has 3 rings (SSSR count). The van der Waals surface area contributed by atoms with Gasteiger partial charge in [-0.1, -0.05) is 0 Å². The minimum Gasteiger partial charge on any atom is -0.545 e. The Bertz CT molecular complexity index is 906. The Morgan fingerprint density at radius 2 is 1.87 bits per heavy atom. The van der Waals surface area contributed by atoms with Crippen LogP contribution in [0.2, 0.25) is 0 Å². The molecule has 0 amide bonds. The molecule has 110 valence electrons. The molecular weight excluding hydrogens is 317 g/mol. The van der Waals surface area contributed by atoms with Crippen LogP contribution in [-0.4, -0.2) is 26.0 Å². The number of rotatable bonds is 3. The smallest absolute Gasteiger partial charge is 0.545 e. The normalized spacial score (nSPS) is 10.3. The quantitative estimate of drug-likeness (QED) is 0.327. The van der Waals surface area contributed by atoms with Gasteiger partial charge in [-0.3, -0.25) is 10.1 Å². The van der Waals surface area contributed by atoms with Crippen molar-refractivity contribution in [2.75, 3.05) is 0 Å². The summed E-state index contributed by atoms with van der Waals surface area (Å²) in [5.41, 5.74) is -0.429. The largest absolute Gasteiger partial charge is 1.00 e. The fourth-order valence-electron chi connectivity index (χ4n) is 2.05. The summed E-state index contributed by atoms with van der Waals surface area (Å²) in [7, 11) is 0. The number of nitrogens with zero attached hydrogens (tertiary/aromatic N) is 3. The molecule has 9 nitrogen and oxygen atoms in total. The predicted octanol–water partition coefficient (Wildman–Crippen LogP) is -2.13. The van der Waals surface area contributed by atoms with Gasteiger partial charge in [0.05, 0.1) is 16.5 Å². The van der Waals surface area contributed by atoms with Gasteiger partial charge in [-0.05, 0) is 12.1 Å². The maximum Gasteiger partial charge on any atom is 1.00 e. The molecule has 0 spiro atoms. The predicted molar refractivity (Wildman–Crippen MR) is 69.9 cm³/mol. The molecule has 2 heterocycles. The third-order valence-electron chi connectivity index (χ3n) is 3.01. The number of benzene rings is 1. The molecule has 0 unspecified atom stereocenters. The van der Waals surface area contributed by atoms with Crippen molar-refractivity contribution in [2.24, 2.45) is 0 Å². The Kier molecular flexibility index (Phi) is 4.64. The van der Waals surface area contributed by atoms with Gasteiger partial charge in [0, 0.05) is 17.7 Å². The van der Waals surface area contributed by atoms with Gasteiger partial charge in [0.25, 0.3) is 5.69 Å². The van der Waals surface area contributed by atoms with Crippen molar-refractivity contribution in [3.8, 4) is 17.2 Å². The van der Waals surface area contributed by atoms with Gasteiger partial charge in [-0.25, -0.2) is 9.97 Å². The Hall–Kier alpha value is -2.49. The first-order chi connectivity index (χ1) is 10.5. The molecule has 0 saturated heterocycles. The molecule has 0 atom stereocenters. The number of nitro groups is 1. The van der Waals surface area contributed by atoms with E-state index in [-0.39, 0.29) is 57.7 Å². The van der Waals surface area contributed by atoms with Crippen LogP contribution in [-0.2, 0) is 0 Å². The molecule has 23 heavy (non-hydrogen) atoms. The van der Waals surface area contributed by atoms with Crippen molar-refractivity contribution in [3.05, 3.63) is 46.3 Å². The zero-order valence-corrected chi connectivity index (χ0v) is 13.7. The Balaban J connectivity index is 0.00000192. The average Bonchev–Trinajstić information content (AvgIpc) is 2.88. The van der Waals surface area contributed by atoms with Gasteiger partial charge in [0.2, 0.25) is 11.6 Å². The number of aromatic carboxylic acids is 1. The Labute approximate surface area is 150 Å². The van der Waals surface area contributed by atoms with Gasteiger partial charge >= 0.3 is 29.6 Å². The van der Waals surface area contributed by atoms with Crippen LogP contribution >= 0.6 is 0 Å². The average molecular weight is 323 g/mol. The molecule has 10 heteroatoms. The SMILES string of the molecule is O=C([O-])c1c(-c2ccc([N+](=O)[O-])cc2)oc2ncnc(O)c12.[Na+]. The van der Waals surface area contributed by atoms with Crippen LogP contribution in [0.5, 0.6) is 5.88 Å². The van der Waals surface area contributed by atoms with Crippen molar-refractivity contribution in [1.82, 2.24) is 9.97 Å². The van der Waals surface area contributed by atoms with Crippen molar-refractivity contribution < 1.29 is 53.9 Å².